The third kappa shape index (κ3) is 4.36. The predicted octanol–water partition coefficient (Wildman–Crippen LogP) is 6.06. The van der Waals surface area contributed by atoms with Crippen molar-refractivity contribution >= 4 is 21.4 Å². The number of halogens is 2. The SMILES string of the molecule is Fc1ccc(-c2ncncc2CCN2CCC(c3csc4cc(F)ccc34)CC2)cc1. The highest BCUT2D eigenvalue weighted by Gasteiger charge is 2.23. The molecule has 0 atom stereocenters. The van der Waals surface area contributed by atoms with Gasteiger partial charge in [-0.25, -0.2) is 18.7 Å². The summed E-state index contributed by atoms with van der Waals surface area (Å²) in [7, 11) is 0. The highest BCUT2D eigenvalue weighted by atomic mass is 32.1. The molecule has 0 saturated carbocycles. The maximum atomic E-state index is 13.5. The zero-order chi connectivity index (χ0) is 21.2. The van der Waals surface area contributed by atoms with Crippen LogP contribution >= 0.6 is 11.3 Å². The molecule has 5 rings (SSSR count). The molecule has 1 aliphatic heterocycles. The van der Waals surface area contributed by atoms with Gasteiger partial charge in [0, 0.05) is 23.0 Å². The molecule has 31 heavy (non-hydrogen) atoms. The topological polar surface area (TPSA) is 29.0 Å². The first-order valence-electron chi connectivity index (χ1n) is 10.6. The van der Waals surface area contributed by atoms with Crippen molar-refractivity contribution in [2.75, 3.05) is 19.6 Å². The van der Waals surface area contributed by atoms with Crippen molar-refractivity contribution in [3.8, 4) is 11.3 Å². The molecule has 3 heterocycles. The van der Waals surface area contributed by atoms with Crippen LogP contribution in [0.1, 0.15) is 29.9 Å². The van der Waals surface area contributed by atoms with Gasteiger partial charge in [0.25, 0.3) is 0 Å². The van der Waals surface area contributed by atoms with Crippen LogP contribution in [0.3, 0.4) is 0 Å². The van der Waals surface area contributed by atoms with Crippen molar-refractivity contribution in [1.29, 1.82) is 0 Å². The predicted molar refractivity (Wildman–Crippen MR) is 121 cm³/mol. The van der Waals surface area contributed by atoms with Crippen LogP contribution in [0.5, 0.6) is 0 Å². The first-order chi connectivity index (χ1) is 15.2. The van der Waals surface area contributed by atoms with Crippen LogP contribution in [0.4, 0.5) is 8.78 Å². The number of rotatable bonds is 5. The van der Waals surface area contributed by atoms with Gasteiger partial charge in [0.05, 0.1) is 5.69 Å². The lowest BCUT2D eigenvalue weighted by Crippen LogP contribution is -2.34. The van der Waals surface area contributed by atoms with Gasteiger partial charge < -0.3 is 4.90 Å². The van der Waals surface area contributed by atoms with Crippen LogP contribution in [0.15, 0.2) is 60.4 Å². The fraction of sp³-hybridized carbons (Fsp3) is 0.280. The molecular formula is C25H23F2N3S. The van der Waals surface area contributed by atoms with E-state index in [0.717, 1.165) is 60.4 Å². The van der Waals surface area contributed by atoms with Crippen LogP contribution in [0.2, 0.25) is 0 Å². The van der Waals surface area contributed by atoms with Gasteiger partial charge in [0.1, 0.15) is 18.0 Å². The Bertz CT molecular complexity index is 1180. The molecule has 0 unspecified atom stereocenters. The van der Waals surface area contributed by atoms with Gasteiger partial charge in [-0.05, 0) is 96.6 Å². The maximum absolute atomic E-state index is 13.5. The van der Waals surface area contributed by atoms with E-state index in [0.29, 0.717) is 5.92 Å². The van der Waals surface area contributed by atoms with Crippen molar-refractivity contribution in [2.45, 2.75) is 25.2 Å². The van der Waals surface area contributed by atoms with Crippen LogP contribution < -0.4 is 0 Å². The van der Waals surface area contributed by atoms with Crippen LogP contribution in [0.25, 0.3) is 21.3 Å². The third-order valence-electron chi connectivity index (χ3n) is 6.20. The Morgan fingerprint density at radius 3 is 2.58 bits per heavy atom. The van der Waals surface area contributed by atoms with Crippen molar-refractivity contribution in [1.82, 2.24) is 14.9 Å². The highest BCUT2D eigenvalue weighted by molar-refractivity contribution is 7.17. The van der Waals surface area contributed by atoms with Gasteiger partial charge in [-0.2, -0.15) is 0 Å². The fourth-order valence-corrected chi connectivity index (χ4v) is 5.56. The Labute approximate surface area is 184 Å². The minimum absolute atomic E-state index is 0.166. The maximum Gasteiger partial charge on any atom is 0.124 e. The van der Waals surface area contributed by atoms with Crippen LogP contribution in [-0.4, -0.2) is 34.5 Å². The number of thiophene rings is 1. The summed E-state index contributed by atoms with van der Waals surface area (Å²) >= 11 is 1.64. The Hall–Kier alpha value is -2.70. The number of nitrogens with zero attached hydrogens (tertiary/aromatic N) is 3. The molecule has 0 bridgehead atoms. The first-order valence-corrected chi connectivity index (χ1v) is 11.5. The van der Waals surface area contributed by atoms with Gasteiger partial charge in [-0.1, -0.05) is 6.07 Å². The number of fused-ring (bicyclic) bond motifs is 1. The third-order valence-corrected chi connectivity index (χ3v) is 7.16. The summed E-state index contributed by atoms with van der Waals surface area (Å²) in [6.07, 6.45) is 6.50. The monoisotopic (exact) mass is 435 g/mol. The second-order valence-corrected chi connectivity index (χ2v) is 9.01. The molecule has 1 saturated heterocycles. The van der Waals surface area contributed by atoms with E-state index in [9.17, 15) is 8.78 Å². The zero-order valence-corrected chi connectivity index (χ0v) is 17.9. The first kappa shape index (κ1) is 20.2. The number of piperidine rings is 1. The molecule has 1 aliphatic rings. The largest absolute Gasteiger partial charge is 0.303 e. The van der Waals surface area contributed by atoms with E-state index in [4.69, 9.17) is 0 Å². The summed E-state index contributed by atoms with van der Waals surface area (Å²) in [5.74, 6) is 0.122. The van der Waals surface area contributed by atoms with Crippen molar-refractivity contribution < 1.29 is 8.78 Å². The van der Waals surface area contributed by atoms with Gasteiger partial charge in [-0.3, -0.25) is 0 Å². The minimum atomic E-state index is -0.245. The van der Waals surface area contributed by atoms with E-state index >= 15 is 0 Å². The Morgan fingerprint density at radius 2 is 1.77 bits per heavy atom. The van der Waals surface area contributed by atoms with Crippen molar-refractivity contribution in [3.05, 3.63) is 83.1 Å². The Kier molecular flexibility index (Phi) is 5.74. The molecule has 3 nitrogen and oxygen atoms in total. The number of likely N-dealkylation sites (tertiary alicyclic amines) is 1. The van der Waals surface area contributed by atoms with E-state index in [1.807, 2.05) is 12.3 Å². The normalized spacial score (nSPS) is 15.5. The summed E-state index contributed by atoms with van der Waals surface area (Å²) in [4.78, 5) is 11.1. The van der Waals surface area contributed by atoms with Gasteiger partial charge in [0.15, 0.2) is 0 Å². The molecule has 6 heteroatoms. The zero-order valence-electron chi connectivity index (χ0n) is 17.1. The van der Waals surface area contributed by atoms with Gasteiger partial charge in [0.2, 0.25) is 0 Å². The van der Waals surface area contributed by atoms with E-state index < -0.39 is 0 Å². The van der Waals surface area contributed by atoms with E-state index in [2.05, 4.69) is 20.2 Å². The van der Waals surface area contributed by atoms with Gasteiger partial charge in [-0.15, -0.1) is 11.3 Å². The van der Waals surface area contributed by atoms with Gasteiger partial charge >= 0.3 is 0 Å². The molecule has 158 valence electrons. The number of hydrogen-bond donors (Lipinski definition) is 0. The summed E-state index contributed by atoms with van der Waals surface area (Å²) in [5, 5.41) is 3.41. The molecule has 0 aliphatic carbocycles. The molecule has 2 aromatic carbocycles. The Morgan fingerprint density at radius 1 is 1.00 bits per heavy atom. The van der Waals surface area contributed by atoms with Crippen LogP contribution in [0, 0.1) is 11.6 Å². The number of hydrogen-bond acceptors (Lipinski definition) is 4. The quantitative estimate of drug-likeness (QED) is 0.382. The molecular weight excluding hydrogens is 412 g/mol. The molecule has 0 spiro atoms. The number of aromatic nitrogens is 2. The highest BCUT2D eigenvalue weighted by Crippen LogP contribution is 2.37. The molecule has 1 fully saturated rings. The minimum Gasteiger partial charge on any atom is -0.303 e. The smallest absolute Gasteiger partial charge is 0.124 e. The second-order valence-electron chi connectivity index (χ2n) is 8.10. The number of benzene rings is 2. The average molecular weight is 436 g/mol. The van der Waals surface area contributed by atoms with Crippen molar-refractivity contribution in [2.24, 2.45) is 0 Å². The molecule has 2 aromatic heterocycles. The van der Waals surface area contributed by atoms with E-state index in [-0.39, 0.29) is 11.6 Å². The van der Waals surface area contributed by atoms with Crippen molar-refractivity contribution in [3.63, 3.8) is 0 Å². The summed E-state index contributed by atoms with van der Waals surface area (Å²) in [6, 6.07) is 11.6. The molecule has 4 aromatic rings. The summed E-state index contributed by atoms with van der Waals surface area (Å²) in [5.41, 5.74) is 4.25. The average Bonchev–Trinajstić information content (AvgIpc) is 3.22. The summed E-state index contributed by atoms with van der Waals surface area (Å²) < 4.78 is 27.8. The second kappa shape index (κ2) is 8.81. The lowest BCUT2D eigenvalue weighted by molar-refractivity contribution is 0.215. The summed E-state index contributed by atoms with van der Waals surface area (Å²) in [6.45, 7) is 3.04. The van der Waals surface area contributed by atoms with E-state index in [1.165, 1.54) is 23.1 Å². The Balaban J connectivity index is 1.22. The molecule has 0 radical (unpaired) electrons. The fourth-order valence-electron chi connectivity index (χ4n) is 4.49. The lowest BCUT2D eigenvalue weighted by Gasteiger charge is -2.32. The lowest BCUT2D eigenvalue weighted by atomic mass is 9.89. The standard InChI is InChI=1S/C25H23F2N3S/c26-20-3-1-18(2-4-20)25-19(14-28-16-29-25)9-12-30-10-7-17(8-11-30)23-15-31-24-13-21(27)5-6-22(23)24/h1-6,13-17H,7-12H2. The van der Waals surface area contributed by atoms with E-state index in [1.54, 1.807) is 41.9 Å². The molecule has 0 amide bonds. The van der Waals surface area contributed by atoms with Crippen LogP contribution in [-0.2, 0) is 6.42 Å². The molecule has 0 N–H and O–H groups in total.